The molecule has 2 nitrogen and oxygen atoms in total. The first kappa shape index (κ1) is 26.4. The van der Waals surface area contributed by atoms with E-state index in [9.17, 15) is 22.7 Å². The molecule has 0 radical (unpaired) electrons. The Bertz CT molecular complexity index is 1330. The van der Waals surface area contributed by atoms with Crippen molar-refractivity contribution in [1.82, 2.24) is 0 Å². The summed E-state index contributed by atoms with van der Waals surface area (Å²) in [5.41, 5.74) is 4.78. The number of aliphatic hydroxyl groups excluding tert-OH is 1. The number of alkyl halides is 3. The zero-order valence-corrected chi connectivity index (χ0v) is 20.6. The molecule has 0 aliphatic rings. The Morgan fingerprint density at radius 3 is 2.05 bits per heavy atom. The van der Waals surface area contributed by atoms with E-state index in [1.807, 2.05) is 50.2 Å². The van der Waals surface area contributed by atoms with E-state index < -0.39 is 11.7 Å². The Morgan fingerprint density at radius 2 is 1.49 bits per heavy atom. The summed E-state index contributed by atoms with van der Waals surface area (Å²) in [5.74, 6) is 0.382. The molecule has 192 valence electrons. The number of halogens is 4. The number of aliphatic hydroxyl groups is 1. The summed E-state index contributed by atoms with van der Waals surface area (Å²) in [6.07, 6.45) is -4.06. The molecule has 4 aromatic carbocycles. The lowest BCUT2D eigenvalue weighted by Crippen LogP contribution is -2.10. The second-order valence-electron chi connectivity index (χ2n) is 9.25. The van der Waals surface area contributed by atoms with Crippen molar-refractivity contribution >= 4 is 0 Å². The third kappa shape index (κ3) is 6.20. The van der Waals surface area contributed by atoms with Crippen molar-refractivity contribution < 1.29 is 27.4 Å². The Kier molecular flexibility index (Phi) is 7.98. The molecule has 4 rings (SSSR count). The van der Waals surface area contributed by atoms with Gasteiger partial charge in [0.15, 0.2) is 0 Å². The first-order valence-electron chi connectivity index (χ1n) is 12.1. The highest BCUT2D eigenvalue weighted by Gasteiger charge is 2.30. The molecule has 1 N–H and O–H groups in total. The fourth-order valence-corrected chi connectivity index (χ4v) is 4.52. The van der Waals surface area contributed by atoms with E-state index in [2.05, 4.69) is 0 Å². The van der Waals surface area contributed by atoms with Gasteiger partial charge in [0, 0.05) is 0 Å². The van der Waals surface area contributed by atoms with Gasteiger partial charge in [0.2, 0.25) is 0 Å². The molecule has 0 spiro atoms. The van der Waals surface area contributed by atoms with Crippen LogP contribution in [0.1, 0.15) is 53.1 Å². The van der Waals surface area contributed by atoms with E-state index >= 15 is 0 Å². The normalized spacial score (nSPS) is 11.7. The molecule has 0 aromatic heterocycles. The van der Waals surface area contributed by atoms with E-state index in [0.717, 1.165) is 39.9 Å². The maximum absolute atomic E-state index is 13.8. The highest BCUT2D eigenvalue weighted by molar-refractivity contribution is 5.75. The molecule has 0 unspecified atom stereocenters. The second-order valence-corrected chi connectivity index (χ2v) is 9.25. The largest absolute Gasteiger partial charge is 0.489 e. The van der Waals surface area contributed by atoms with E-state index in [1.54, 1.807) is 12.1 Å². The van der Waals surface area contributed by atoms with E-state index in [4.69, 9.17) is 4.74 Å². The summed E-state index contributed by atoms with van der Waals surface area (Å²) < 4.78 is 59.1. The van der Waals surface area contributed by atoms with E-state index in [0.29, 0.717) is 23.3 Å². The summed E-state index contributed by atoms with van der Waals surface area (Å²) in [5, 5.41) is 10.5. The summed E-state index contributed by atoms with van der Waals surface area (Å²) in [6, 6.07) is 22.5. The molecule has 37 heavy (non-hydrogen) atoms. The number of ether oxygens (including phenoxy) is 1. The molecular weight excluding hydrogens is 480 g/mol. The topological polar surface area (TPSA) is 29.5 Å². The molecule has 0 saturated carbocycles. The van der Waals surface area contributed by atoms with Crippen LogP contribution in [0.2, 0.25) is 0 Å². The summed E-state index contributed by atoms with van der Waals surface area (Å²) in [4.78, 5) is 0. The monoisotopic (exact) mass is 508 g/mol. The molecule has 0 aliphatic heterocycles. The van der Waals surface area contributed by atoms with Gasteiger partial charge in [-0.1, -0.05) is 62.4 Å². The average Bonchev–Trinajstić information content (AvgIpc) is 2.88. The number of rotatable bonds is 8. The van der Waals surface area contributed by atoms with Gasteiger partial charge in [0.25, 0.3) is 0 Å². The Hall–Kier alpha value is -3.64. The first-order chi connectivity index (χ1) is 17.7. The number of benzene rings is 4. The van der Waals surface area contributed by atoms with Gasteiger partial charge >= 0.3 is 6.18 Å². The maximum atomic E-state index is 13.8. The highest BCUT2D eigenvalue weighted by Crippen LogP contribution is 2.38. The van der Waals surface area contributed by atoms with Crippen LogP contribution in [0.3, 0.4) is 0 Å². The van der Waals surface area contributed by atoms with E-state index in [-0.39, 0.29) is 24.9 Å². The summed E-state index contributed by atoms with van der Waals surface area (Å²) in [6.45, 7) is 4.02. The highest BCUT2D eigenvalue weighted by atomic mass is 19.4. The molecule has 0 amide bonds. The van der Waals surface area contributed by atoms with Gasteiger partial charge in [-0.05, 0) is 87.7 Å². The quantitative estimate of drug-likeness (QED) is 0.243. The first-order valence-corrected chi connectivity index (χ1v) is 12.1. The fourth-order valence-electron chi connectivity index (χ4n) is 4.52. The number of hydrogen-bond acceptors (Lipinski definition) is 2. The third-order valence-corrected chi connectivity index (χ3v) is 6.38. The smallest absolute Gasteiger partial charge is 0.416 e. The molecule has 0 heterocycles. The van der Waals surface area contributed by atoms with Crippen LogP contribution in [-0.2, 0) is 25.8 Å². The molecule has 0 atom stereocenters. The molecule has 0 aliphatic carbocycles. The third-order valence-electron chi connectivity index (χ3n) is 6.38. The van der Waals surface area contributed by atoms with Crippen LogP contribution in [0.25, 0.3) is 11.1 Å². The van der Waals surface area contributed by atoms with Gasteiger partial charge in [-0.15, -0.1) is 0 Å². The van der Waals surface area contributed by atoms with Crippen LogP contribution in [-0.4, -0.2) is 5.11 Å². The van der Waals surface area contributed by atoms with Crippen molar-refractivity contribution in [3.05, 3.63) is 124 Å². The predicted octanol–water partition coefficient (Wildman–Crippen LogP) is 8.30. The Morgan fingerprint density at radius 1 is 0.838 bits per heavy atom. The molecule has 0 bridgehead atoms. The maximum Gasteiger partial charge on any atom is 0.416 e. The van der Waals surface area contributed by atoms with Gasteiger partial charge in [0.05, 0.1) is 12.2 Å². The minimum absolute atomic E-state index is 0.0758. The number of para-hydroxylation sites is 1. The van der Waals surface area contributed by atoms with Crippen LogP contribution >= 0.6 is 0 Å². The minimum atomic E-state index is -4.41. The predicted molar refractivity (Wildman–Crippen MR) is 137 cm³/mol. The van der Waals surface area contributed by atoms with Gasteiger partial charge in [-0.3, -0.25) is 0 Å². The molecular formula is C31H28F4O2. The van der Waals surface area contributed by atoms with Crippen LogP contribution < -0.4 is 4.74 Å². The van der Waals surface area contributed by atoms with Crippen LogP contribution in [0.4, 0.5) is 17.6 Å². The van der Waals surface area contributed by atoms with Crippen molar-refractivity contribution in [2.45, 2.75) is 45.6 Å². The van der Waals surface area contributed by atoms with Crippen molar-refractivity contribution in [1.29, 1.82) is 0 Å². The zero-order valence-electron chi connectivity index (χ0n) is 20.6. The Labute approximate surface area is 214 Å². The molecule has 6 heteroatoms. The minimum Gasteiger partial charge on any atom is -0.489 e. The SMILES string of the molecule is CC(C)c1cc(COc2ccccc2)c(CO)c(-c2ccc(F)cc2)c1Cc1ccc(C(F)(F)F)cc1. The van der Waals surface area contributed by atoms with Crippen molar-refractivity contribution in [3.63, 3.8) is 0 Å². The van der Waals surface area contributed by atoms with E-state index in [1.165, 1.54) is 24.3 Å². The standard InChI is InChI=1S/C31H28F4O2/c1-20(2)27-17-23(19-37-26-6-4-3-5-7-26)29(18-36)30(22-10-14-25(32)15-11-22)28(27)16-21-8-12-24(13-9-21)31(33,34)35/h3-15,17,20,36H,16,18-19H2,1-2H3. The second kappa shape index (κ2) is 11.2. The lowest BCUT2D eigenvalue weighted by atomic mass is 9.82. The molecule has 0 fully saturated rings. The van der Waals surface area contributed by atoms with Crippen molar-refractivity contribution in [2.75, 3.05) is 0 Å². The zero-order chi connectivity index (χ0) is 26.6. The van der Waals surface area contributed by atoms with Gasteiger partial charge in [-0.25, -0.2) is 4.39 Å². The van der Waals surface area contributed by atoms with Crippen LogP contribution in [0.5, 0.6) is 5.75 Å². The molecule has 4 aromatic rings. The summed E-state index contributed by atoms with van der Waals surface area (Å²) in [7, 11) is 0. The Balaban J connectivity index is 1.86. The van der Waals surface area contributed by atoms with Crippen LogP contribution in [0.15, 0.2) is 84.9 Å². The van der Waals surface area contributed by atoms with Gasteiger partial charge < -0.3 is 9.84 Å². The van der Waals surface area contributed by atoms with Crippen molar-refractivity contribution in [3.8, 4) is 16.9 Å². The van der Waals surface area contributed by atoms with Gasteiger partial charge in [0.1, 0.15) is 18.2 Å². The van der Waals surface area contributed by atoms with Gasteiger partial charge in [-0.2, -0.15) is 13.2 Å². The fraction of sp³-hybridized carbons (Fsp3) is 0.226. The average molecular weight is 509 g/mol. The van der Waals surface area contributed by atoms with Crippen molar-refractivity contribution in [2.24, 2.45) is 0 Å². The lowest BCUT2D eigenvalue weighted by molar-refractivity contribution is -0.137. The lowest BCUT2D eigenvalue weighted by Gasteiger charge is -2.24. The molecule has 0 saturated heterocycles. The number of hydrogen-bond donors (Lipinski definition) is 1. The summed E-state index contributed by atoms with van der Waals surface area (Å²) >= 11 is 0. The van der Waals surface area contributed by atoms with Crippen LogP contribution in [0, 0.1) is 5.82 Å².